The van der Waals surface area contributed by atoms with E-state index in [0.29, 0.717) is 17.6 Å². The molecule has 0 spiro atoms. The summed E-state index contributed by atoms with van der Waals surface area (Å²) in [5.41, 5.74) is 10.4. The molecular formula is C14H14N2O4S. The zero-order chi connectivity index (χ0) is 15.6. The molecular weight excluding hydrogens is 292 g/mol. The number of amides is 2. The van der Waals surface area contributed by atoms with Crippen LogP contribution in [0.15, 0.2) is 18.2 Å². The monoisotopic (exact) mass is 306 g/mol. The molecule has 1 aromatic carbocycles. The molecule has 1 heterocycles. The summed E-state index contributed by atoms with van der Waals surface area (Å²) in [6.07, 6.45) is 0.586. The molecule has 4 N–H and O–H groups in total. The first-order chi connectivity index (χ1) is 9.95. The molecule has 2 rings (SSSR count). The maximum Gasteiger partial charge on any atom is 0.289 e. The summed E-state index contributed by atoms with van der Waals surface area (Å²) in [7, 11) is 0. The van der Waals surface area contributed by atoms with Crippen molar-refractivity contribution in [1.82, 2.24) is 0 Å². The first kappa shape index (κ1) is 15.0. The number of fused-ring (bicyclic) bond motifs is 1. The van der Waals surface area contributed by atoms with Gasteiger partial charge in [0.2, 0.25) is 0 Å². The van der Waals surface area contributed by atoms with Crippen LogP contribution >= 0.6 is 11.3 Å². The third kappa shape index (κ3) is 2.87. The van der Waals surface area contributed by atoms with Gasteiger partial charge in [0.25, 0.3) is 17.6 Å². The average Bonchev–Trinajstić information content (AvgIpc) is 2.82. The summed E-state index contributed by atoms with van der Waals surface area (Å²) in [5, 5.41) is 0.504. The average molecular weight is 306 g/mol. The van der Waals surface area contributed by atoms with Gasteiger partial charge in [-0.05, 0) is 18.6 Å². The van der Waals surface area contributed by atoms with Gasteiger partial charge >= 0.3 is 0 Å². The highest BCUT2D eigenvalue weighted by atomic mass is 32.1. The first-order valence-electron chi connectivity index (χ1n) is 6.25. The number of aryl methyl sites for hydroxylation is 1. The maximum atomic E-state index is 12.1. The summed E-state index contributed by atoms with van der Waals surface area (Å²) in [6.45, 7) is 1.58. The summed E-state index contributed by atoms with van der Waals surface area (Å²) < 4.78 is 6.13. The van der Waals surface area contributed by atoms with E-state index in [2.05, 4.69) is 0 Å². The minimum atomic E-state index is -1.02. The van der Waals surface area contributed by atoms with Gasteiger partial charge in [-0.3, -0.25) is 14.4 Å². The topological polar surface area (TPSA) is 112 Å². The standard InChI is InChI=1S/C14H14N2O4S/c1-2-8-12(13(18)14(16)19)11-7(20-6-10(15)17)4-3-5-9(11)21-8/h3-5H,2,6H2,1H3,(H2,15,17)(H2,16,19). The Morgan fingerprint density at radius 2 is 1.95 bits per heavy atom. The van der Waals surface area contributed by atoms with E-state index in [0.717, 1.165) is 9.58 Å². The number of ether oxygens (including phenoxy) is 1. The number of carbonyl (C=O) groups is 3. The fourth-order valence-electron chi connectivity index (χ4n) is 2.05. The Morgan fingerprint density at radius 1 is 1.24 bits per heavy atom. The van der Waals surface area contributed by atoms with Gasteiger partial charge in [-0.1, -0.05) is 13.0 Å². The third-order valence-electron chi connectivity index (χ3n) is 2.89. The zero-order valence-corrected chi connectivity index (χ0v) is 12.2. The van der Waals surface area contributed by atoms with E-state index in [1.54, 1.807) is 12.1 Å². The molecule has 21 heavy (non-hydrogen) atoms. The van der Waals surface area contributed by atoms with Crippen LogP contribution in [-0.4, -0.2) is 24.2 Å². The largest absolute Gasteiger partial charge is 0.483 e. The lowest BCUT2D eigenvalue weighted by Crippen LogP contribution is -2.24. The predicted molar refractivity (Wildman–Crippen MR) is 79.4 cm³/mol. The lowest BCUT2D eigenvalue weighted by molar-refractivity contribution is -0.120. The molecule has 0 aliphatic heterocycles. The van der Waals surface area contributed by atoms with Crippen molar-refractivity contribution in [2.24, 2.45) is 11.5 Å². The number of carbonyl (C=O) groups excluding carboxylic acids is 3. The van der Waals surface area contributed by atoms with E-state index in [9.17, 15) is 14.4 Å². The number of ketones is 1. The highest BCUT2D eigenvalue weighted by molar-refractivity contribution is 7.19. The van der Waals surface area contributed by atoms with Crippen molar-refractivity contribution in [3.63, 3.8) is 0 Å². The van der Waals surface area contributed by atoms with Crippen LogP contribution in [0.25, 0.3) is 10.1 Å². The predicted octanol–water partition coefficient (Wildman–Crippen LogP) is 0.996. The minimum Gasteiger partial charge on any atom is -0.483 e. The number of nitrogens with two attached hydrogens (primary N) is 2. The van der Waals surface area contributed by atoms with Crippen molar-refractivity contribution >= 4 is 39.0 Å². The van der Waals surface area contributed by atoms with E-state index in [1.165, 1.54) is 11.3 Å². The van der Waals surface area contributed by atoms with Crippen LogP contribution in [0.4, 0.5) is 0 Å². The maximum absolute atomic E-state index is 12.1. The van der Waals surface area contributed by atoms with Crippen LogP contribution in [-0.2, 0) is 16.0 Å². The molecule has 0 fully saturated rings. The second-order valence-electron chi connectivity index (χ2n) is 4.33. The summed E-state index contributed by atoms with van der Waals surface area (Å²) in [4.78, 5) is 34.9. The molecule has 0 bridgehead atoms. The number of hydrogen-bond acceptors (Lipinski definition) is 5. The van der Waals surface area contributed by atoms with Crippen molar-refractivity contribution in [2.75, 3.05) is 6.61 Å². The Labute approximate surface area is 124 Å². The quantitative estimate of drug-likeness (QED) is 0.612. The Balaban J connectivity index is 2.65. The van der Waals surface area contributed by atoms with Crippen molar-refractivity contribution < 1.29 is 19.1 Å². The van der Waals surface area contributed by atoms with Crippen LogP contribution in [0.2, 0.25) is 0 Å². The Bertz CT molecular complexity index is 736. The molecule has 7 heteroatoms. The minimum absolute atomic E-state index is 0.255. The van der Waals surface area contributed by atoms with E-state index < -0.39 is 17.6 Å². The normalized spacial score (nSPS) is 10.5. The molecule has 0 aliphatic carbocycles. The lowest BCUT2D eigenvalue weighted by atomic mass is 10.0. The lowest BCUT2D eigenvalue weighted by Gasteiger charge is -2.07. The molecule has 0 saturated heterocycles. The second kappa shape index (κ2) is 5.92. The third-order valence-corrected chi connectivity index (χ3v) is 4.19. The Morgan fingerprint density at radius 3 is 2.52 bits per heavy atom. The number of benzene rings is 1. The van der Waals surface area contributed by atoms with Gasteiger partial charge < -0.3 is 16.2 Å². The number of primary amides is 2. The molecule has 2 amide bonds. The Hall–Kier alpha value is -2.41. The number of rotatable bonds is 6. The fraction of sp³-hybridized carbons (Fsp3) is 0.214. The highest BCUT2D eigenvalue weighted by Crippen LogP contribution is 2.38. The van der Waals surface area contributed by atoms with Gasteiger partial charge in [0, 0.05) is 15.0 Å². The molecule has 6 nitrogen and oxygen atoms in total. The van der Waals surface area contributed by atoms with Gasteiger partial charge in [0.05, 0.1) is 5.56 Å². The molecule has 2 aromatic rings. The van der Waals surface area contributed by atoms with E-state index in [4.69, 9.17) is 16.2 Å². The second-order valence-corrected chi connectivity index (χ2v) is 5.47. The molecule has 0 aliphatic rings. The number of Topliss-reactive ketones (excluding diaryl/α,β-unsaturated/α-hetero) is 1. The van der Waals surface area contributed by atoms with Crippen LogP contribution in [0, 0.1) is 0 Å². The van der Waals surface area contributed by atoms with Crippen molar-refractivity contribution in [3.8, 4) is 5.75 Å². The van der Waals surface area contributed by atoms with Crippen molar-refractivity contribution in [1.29, 1.82) is 0 Å². The van der Waals surface area contributed by atoms with Gasteiger partial charge in [-0.25, -0.2) is 0 Å². The fourth-order valence-corrected chi connectivity index (χ4v) is 3.21. The van der Waals surface area contributed by atoms with Gasteiger partial charge in [-0.15, -0.1) is 11.3 Å². The van der Waals surface area contributed by atoms with E-state index >= 15 is 0 Å². The number of hydrogen-bond donors (Lipinski definition) is 2. The summed E-state index contributed by atoms with van der Waals surface area (Å²) in [5.74, 6) is -2.06. The van der Waals surface area contributed by atoms with E-state index in [-0.39, 0.29) is 12.2 Å². The molecule has 1 aromatic heterocycles. The molecule has 0 unspecified atom stereocenters. The SMILES string of the molecule is CCc1sc2cccc(OCC(N)=O)c2c1C(=O)C(N)=O. The molecule has 110 valence electrons. The van der Waals surface area contributed by atoms with Crippen molar-refractivity contribution in [3.05, 3.63) is 28.6 Å². The van der Waals surface area contributed by atoms with Gasteiger partial charge in [0.1, 0.15) is 5.75 Å². The van der Waals surface area contributed by atoms with Gasteiger partial charge in [0.15, 0.2) is 6.61 Å². The van der Waals surface area contributed by atoms with Crippen LogP contribution < -0.4 is 16.2 Å². The molecule has 0 atom stereocenters. The smallest absolute Gasteiger partial charge is 0.289 e. The zero-order valence-electron chi connectivity index (χ0n) is 11.3. The van der Waals surface area contributed by atoms with E-state index in [1.807, 2.05) is 13.0 Å². The van der Waals surface area contributed by atoms with Gasteiger partial charge in [-0.2, -0.15) is 0 Å². The van der Waals surface area contributed by atoms with Crippen LogP contribution in [0.3, 0.4) is 0 Å². The highest BCUT2D eigenvalue weighted by Gasteiger charge is 2.24. The molecule has 0 radical (unpaired) electrons. The van der Waals surface area contributed by atoms with Crippen LogP contribution in [0.5, 0.6) is 5.75 Å². The molecule has 0 saturated carbocycles. The van der Waals surface area contributed by atoms with Crippen molar-refractivity contribution in [2.45, 2.75) is 13.3 Å². The number of thiophene rings is 1. The first-order valence-corrected chi connectivity index (χ1v) is 7.07. The van der Waals surface area contributed by atoms with Crippen LogP contribution in [0.1, 0.15) is 22.2 Å². The Kier molecular flexibility index (Phi) is 4.23. The summed E-state index contributed by atoms with van der Waals surface area (Å²) in [6, 6.07) is 5.18. The summed E-state index contributed by atoms with van der Waals surface area (Å²) >= 11 is 1.39.